The summed E-state index contributed by atoms with van der Waals surface area (Å²) in [6.45, 7) is -0.726. The predicted molar refractivity (Wildman–Crippen MR) is 114 cm³/mol. The second kappa shape index (κ2) is 9.00. The van der Waals surface area contributed by atoms with Crippen LogP contribution in [0.15, 0.2) is 39.5 Å². The summed E-state index contributed by atoms with van der Waals surface area (Å²) in [7, 11) is 1.23. The maximum atomic E-state index is 13.4. The minimum Gasteiger partial charge on any atom is -0.508 e. The first-order valence-corrected chi connectivity index (χ1v) is 10.0. The largest absolute Gasteiger partial charge is 0.508 e. The number of ether oxygens (including phenoxy) is 3. The van der Waals surface area contributed by atoms with Crippen LogP contribution < -0.4 is 14.9 Å². The molecule has 5 unspecified atom stereocenters. The van der Waals surface area contributed by atoms with Crippen molar-refractivity contribution in [2.75, 3.05) is 13.7 Å². The van der Waals surface area contributed by atoms with Crippen LogP contribution in [-0.2, 0) is 4.74 Å². The normalized spacial score (nSPS) is 24.8. The molecule has 1 aromatic heterocycles. The van der Waals surface area contributed by atoms with Crippen LogP contribution in [0.3, 0.4) is 0 Å². The van der Waals surface area contributed by atoms with Crippen LogP contribution in [0.25, 0.3) is 22.3 Å². The van der Waals surface area contributed by atoms with E-state index in [2.05, 4.69) is 0 Å². The van der Waals surface area contributed by atoms with E-state index in [-0.39, 0.29) is 28.4 Å². The topological polar surface area (TPSA) is 200 Å². The van der Waals surface area contributed by atoms with Crippen LogP contribution in [0.2, 0.25) is 0 Å². The van der Waals surface area contributed by atoms with Gasteiger partial charge in [-0.3, -0.25) is 4.79 Å². The summed E-state index contributed by atoms with van der Waals surface area (Å²) in [6, 6.07) is 6.60. The molecule has 0 bridgehead atoms. The van der Waals surface area contributed by atoms with Crippen molar-refractivity contribution in [3.8, 4) is 40.1 Å². The second-order valence-corrected chi connectivity index (χ2v) is 7.60. The third kappa shape index (κ3) is 3.87. The third-order valence-electron chi connectivity index (χ3n) is 5.49. The predicted octanol–water partition coefficient (Wildman–Crippen LogP) is -0.236. The summed E-state index contributed by atoms with van der Waals surface area (Å²) in [4.78, 5) is 13.4. The number of phenolic OH excluding ortho intramolecular Hbond substituents is 3. The monoisotopic (exact) mass is 478 g/mol. The Kier molecular flexibility index (Phi) is 6.25. The van der Waals surface area contributed by atoms with Gasteiger partial charge in [0.2, 0.25) is 23.2 Å². The lowest BCUT2D eigenvalue weighted by Gasteiger charge is -2.39. The molecule has 4 rings (SSSR count). The van der Waals surface area contributed by atoms with E-state index in [1.807, 2.05) is 0 Å². The summed E-state index contributed by atoms with van der Waals surface area (Å²) in [5, 5.41) is 69.5. The van der Waals surface area contributed by atoms with Gasteiger partial charge >= 0.3 is 0 Å². The zero-order valence-electron chi connectivity index (χ0n) is 17.7. The Bertz CT molecular complexity index is 1250. The number of fused-ring (bicyclic) bond motifs is 1. The van der Waals surface area contributed by atoms with Crippen molar-refractivity contribution in [2.24, 2.45) is 0 Å². The van der Waals surface area contributed by atoms with E-state index in [1.54, 1.807) is 0 Å². The van der Waals surface area contributed by atoms with Gasteiger partial charge in [-0.1, -0.05) is 0 Å². The van der Waals surface area contributed by atoms with Gasteiger partial charge in [-0.25, -0.2) is 0 Å². The van der Waals surface area contributed by atoms with E-state index in [0.717, 1.165) is 0 Å². The Balaban J connectivity index is 1.92. The molecule has 0 aliphatic carbocycles. The molecular weight excluding hydrogens is 456 g/mol. The molecule has 5 atom stereocenters. The average molecular weight is 478 g/mol. The minimum absolute atomic E-state index is 0.0764. The molecule has 0 amide bonds. The minimum atomic E-state index is -1.83. The Labute approximate surface area is 191 Å². The molecule has 1 aliphatic rings. The Morgan fingerprint density at radius 3 is 2.26 bits per heavy atom. The van der Waals surface area contributed by atoms with Crippen molar-refractivity contribution < 1.29 is 54.4 Å². The number of phenols is 3. The summed E-state index contributed by atoms with van der Waals surface area (Å²) >= 11 is 0. The number of hydrogen-bond donors (Lipinski definition) is 7. The van der Waals surface area contributed by atoms with Crippen LogP contribution in [0, 0.1) is 0 Å². The highest BCUT2D eigenvalue weighted by molar-refractivity contribution is 5.91. The molecule has 0 radical (unpaired) electrons. The standard InChI is InChI=1S/C22H22O12/c1-31-11-6-10-13(16(27)14(11)25)17(28)21(20(32-10)8-2-4-9(24)5-3-8)34-22-19(30)18(29)15(26)12(7-23)33-22/h2-6,12,15,18-19,22-27,29-30H,7H2,1H3. The van der Waals surface area contributed by atoms with E-state index < -0.39 is 65.4 Å². The lowest BCUT2D eigenvalue weighted by molar-refractivity contribution is -0.277. The van der Waals surface area contributed by atoms with Gasteiger partial charge in [0.1, 0.15) is 41.1 Å². The van der Waals surface area contributed by atoms with Crippen molar-refractivity contribution in [3.63, 3.8) is 0 Å². The highest BCUT2D eigenvalue weighted by atomic mass is 16.7. The van der Waals surface area contributed by atoms with Crippen molar-refractivity contribution >= 4 is 11.0 Å². The fraction of sp³-hybridized carbons (Fsp3) is 0.318. The van der Waals surface area contributed by atoms with Gasteiger partial charge in [0, 0.05) is 11.6 Å². The van der Waals surface area contributed by atoms with Gasteiger partial charge in [0.25, 0.3) is 0 Å². The molecule has 34 heavy (non-hydrogen) atoms. The number of methoxy groups -OCH3 is 1. The van der Waals surface area contributed by atoms with E-state index in [0.29, 0.717) is 0 Å². The molecule has 12 nitrogen and oxygen atoms in total. The zero-order valence-corrected chi connectivity index (χ0v) is 17.7. The first-order chi connectivity index (χ1) is 16.2. The molecule has 3 aromatic rings. The molecule has 1 fully saturated rings. The number of rotatable bonds is 5. The van der Waals surface area contributed by atoms with E-state index in [9.17, 15) is 40.5 Å². The Morgan fingerprint density at radius 2 is 1.65 bits per heavy atom. The molecule has 12 heteroatoms. The SMILES string of the molecule is COc1cc2oc(-c3ccc(O)cc3)c(OC3OC(CO)C(O)C(O)C3O)c(=O)c2c(O)c1O. The maximum absolute atomic E-state index is 13.4. The maximum Gasteiger partial charge on any atom is 0.239 e. The van der Waals surface area contributed by atoms with Crippen molar-refractivity contribution in [2.45, 2.75) is 30.7 Å². The third-order valence-corrected chi connectivity index (χ3v) is 5.49. The quantitative estimate of drug-likeness (QED) is 0.238. The Hall–Kier alpha value is -3.55. The number of hydrogen-bond acceptors (Lipinski definition) is 12. The lowest BCUT2D eigenvalue weighted by atomic mass is 9.99. The van der Waals surface area contributed by atoms with Gasteiger partial charge < -0.3 is 54.4 Å². The lowest BCUT2D eigenvalue weighted by Crippen LogP contribution is -2.60. The van der Waals surface area contributed by atoms with Crippen LogP contribution in [0.5, 0.6) is 28.7 Å². The second-order valence-electron chi connectivity index (χ2n) is 7.60. The van der Waals surface area contributed by atoms with Gasteiger partial charge in [0.15, 0.2) is 17.3 Å². The summed E-state index contributed by atoms with van der Waals surface area (Å²) in [6.07, 6.45) is -8.31. The average Bonchev–Trinajstić information content (AvgIpc) is 2.83. The van der Waals surface area contributed by atoms with Gasteiger partial charge in [-0.2, -0.15) is 0 Å². The first-order valence-electron chi connectivity index (χ1n) is 10.0. The number of aromatic hydroxyl groups is 3. The van der Waals surface area contributed by atoms with Crippen molar-refractivity contribution in [3.05, 3.63) is 40.6 Å². The van der Waals surface area contributed by atoms with Gasteiger partial charge in [-0.05, 0) is 24.3 Å². The first kappa shape index (κ1) is 23.6. The smallest absolute Gasteiger partial charge is 0.239 e. The number of aliphatic hydroxyl groups excluding tert-OH is 4. The molecule has 2 aromatic carbocycles. The number of aliphatic hydroxyl groups is 4. The fourth-order valence-corrected chi connectivity index (χ4v) is 3.63. The van der Waals surface area contributed by atoms with Gasteiger partial charge in [0.05, 0.1) is 13.7 Å². The Morgan fingerprint density at radius 1 is 0.971 bits per heavy atom. The van der Waals surface area contributed by atoms with Crippen LogP contribution >= 0.6 is 0 Å². The van der Waals surface area contributed by atoms with Gasteiger partial charge in [-0.15, -0.1) is 0 Å². The molecule has 2 heterocycles. The molecule has 1 aliphatic heterocycles. The van der Waals surface area contributed by atoms with E-state index in [4.69, 9.17) is 18.6 Å². The summed E-state index contributed by atoms with van der Waals surface area (Å²) in [5.41, 5.74) is -0.916. The fourth-order valence-electron chi connectivity index (χ4n) is 3.63. The van der Waals surface area contributed by atoms with Crippen molar-refractivity contribution in [1.82, 2.24) is 0 Å². The van der Waals surface area contributed by atoms with E-state index >= 15 is 0 Å². The zero-order chi connectivity index (χ0) is 24.7. The molecule has 7 N–H and O–H groups in total. The van der Waals surface area contributed by atoms with Crippen LogP contribution in [0.1, 0.15) is 0 Å². The van der Waals surface area contributed by atoms with E-state index in [1.165, 1.54) is 37.4 Å². The molecule has 182 valence electrons. The summed E-state index contributed by atoms with van der Waals surface area (Å²) < 4.78 is 21.7. The van der Waals surface area contributed by atoms with Crippen molar-refractivity contribution in [1.29, 1.82) is 0 Å². The molecule has 0 saturated carbocycles. The van der Waals surface area contributed by atoms with Crippen LogP contribution in [0.4, 0.5) is 0 Å². The molecule has 0 spiro atoms. The summed E-state index contributed by atoms with van der Waals surface area (Å²) in [5.74, 6) is -2.61. The molecular formula is C22H22O12. The highest BCUT2D eigenvalue weighted by Gasteiger charge is 2.45. The highest BCUT2D eigenvalue weighted by Crippen LogP contribution is 2.43. The van der Waals surface area contributed by atoms with Crippen LogP contribution in [-0.4, -0.2) is 80.2 Å². The molecule has 1 saturated heterocycles. The number of benzene rings is 2.